The highest BCUT2D eigenvalue weighted by atomic mass is 32.2. The number of sulfone groups is 1. The van der Waals surface area contributed by atoms with E-state index in [0.29, 0.717) is 11.5 Å². The minimum Gasteiger partial charge on any atom is -0.396 e. The lowest BCUT2D eigenvalue weighted by Crippen LogP contribution is -2.21. The predicted molar refractivity (Wildman–Crippen MR) is 83.2 cm³/mol. The van der Waals surface area contributed by atoms with Gasteiger partial charge >= 0.3 is 0 Å². The molecule has 0 aliphatic rings. The van der Waals surface area contributed by atoms with Crippen LogP contribution in [0.15, 0.2) is 17.0 Å². The summed E-state index contributed by atoms with van der Waals surface area (Å²) in [6.07, 6.45) is 1.07. The first-order valence-corrected chi connectivity index (χ1v) is 8.48. The van der Waals surface area contributed by atoms with Gasteiger partial charge in [-0.25, -0.2) is 8.42 Å². The van der Waals surface area contributed by atoms with E-state index in [1.165, 1.54) is 4.90 Å². The second-order valence-electron chi connectivity index (χ2n) is 4.79. The van der Waals surface area contributed by atoms with Gasteiger partial charge in [-0.2, -0.15) is 0 Å². The third kappa shape index (κ3) is 3.51. The van der Waals surface area contributed by atoms with E-state index in [4.69, 9.17) is 5.73 Å². The molecule has 1 rings (SSSR count). The quantitative estimate of drug-likeness (QED) is 0.801. The monoisotopic (exact) mass is 317 g/mol. The van der Waals surface area contributed by atoms with Crippen LogP contribution < -0.4 is 11.1 Å². The van der Waals surface area contributed by atoms with E-state index in [1.807, 2.05) is 6.92 Å². The highest BCUT2D eigenvalue weighted by molar-refractivity contribution is 7.91. The maximum atomic E-state index is 12.0. The van der Waals surface area contributed by atoms with Gasteiger partial charge in [0.15, 0.2) is 9.84 Å². The van der Waals surface area contributed by atoms with Gasteiger partial charge in [0, 0.05) is 26.9 Å². The van der Waals surface area contributed by atoms with Gasteiger partial charge in [-0.3, -0.25) is 4.79 Å². The van der Waals surface area contributed by atoms with Crippen molar-refractivity contribution in [2.24, 2.45) is 0 Å². The number of nitrogens with one attached hydrogen (secondary N) is 1. The number of rotatable bonds is 5. The van der Waals surface area contributed by atoms with Gasteiger partial charge in [-0.05, 0) is 6.92 Å². The molecule has 0 saturated heterocycles. The van der Waals surface area contributed by atoms with E-state index in [0.717, 1.165) is 23.2 Å². The lowest BCUT2D eigenvalue weighted by molar-refractivity contribution is 0.0833. The zero-order valence-electron chi connectivity index (χ0n) is 12.0. The van der Waals surface area contributed by atoms with Crippen LogP contribution in [0.2, 0.25) is 0 Å². The first-order valence-electron chi connectivity index (χ1n) is 5.78. The molecule has 0 radical (unpaired) electrons. The van der Waals surface area contributed by atoms with Crippen LogP contribution in [-0.4, -0.2) is 46.1 Å². The Morgan fingerprint density at radius 1 is 1.45 bits per heavy atom. The Morgan fingerprint density at radius 2 is 2.00 bits per heavy atom. The third-order valence-electron chi connectivity index (χ3n) is 2.42. The van der Waals surface area contributed by atoms with E-state index in [-0.39, 0.29) is 21.4 Å². The normalized spacial score (nSPS) is 11.2. The number of hydrogen-bond acceptors (Lipinski definition) is 6. The summed E-state index contributed by atoms with van der Waals surface area (Å²) >= 11 is 1.04. The molecule has 20 heavy (non-hydrogen) atoms. The topological polar surface area (TPSA) is 92.5 Å². The van der Waals surface area contributed by atoms with Crippen LogP contribution in [0.4, 0.5) is 10.7 Å². The van der Waals surface area contributed by atoms with Gasteiger partial charge in [0.1, 0.15) is 14.8 Å². The molecule has 0 unspecified atom stereocenters. The van der Waals surface area contributed by atoms with Crippen molar-refractivity contribution in [1.82, 2.24) is 4.90 Å². The van der Waals surface area contributed by atoms with Gasteiger partial charge in [0.2, 0.25) is 0 Å². The molecule has 0 aromatic carbocycles. The number of anilines is 2. The molecule has 0 atom stereocenters. The molecule has 0 aliphatic heterocycles. The van der Waals surface area contributed by atoms with E-state index >= 15 is 0 Å². The maximum Gasteiger partial charge on any atom is 0.265 e. The number of carbonyl (C=O) groups excluding carboxylic acids is 1. The summed E-state index contributed by atoms with van der Waals surface area (Å²) in [7, 11) is -0.356. The largest absolute Gasteiger partial charge is 0.396 e. The average molecular weight is 317 g/mol. The summed E-state index contributed by atoms with van der Waals surface area (Å²) in [5.74, 6) is -0.319. The summed E-state index contributed by atoms with van der Waals surface area (Å²) < 4.78 is 23.7. The molecule has 0 bridgehead atoms. The Balaban J connectivity index is 3.39. The minimum absolute atomic E-state index is 0.000385. The Hall–Kier alpha value is -1.54. The molecule has 3 N–H and O–H groups in total. The number of amides is 1. The van der Waals surface area contributed by atoms with E-state index in [1.54, 1.807) is 14.1 Å². The van der Waals surface area contributed by atoms with Crippen molar-refractivity contribution >= 4 is 37.8 Å². The molecule has 1 amide bonds. The van der Waals surface area contributed by atoms with Crippen LogP contribution in [-0.2, 0) is 9.84 Å². The maximum absolute atomic E-state index is 12.0. The van der Waals surface area contributed by atoms with Crippen LogP contribution in [0.5, 0.6) is 0 Å². The summed E-state index contributed by atoms with van der Waals surface area (Å²) in [5.41, 5.74) is 6.70. The fourth-order valence-corrected chi connectivity index (χ4v) is 4.09. The van der Waals surface area contributed by atoms with Crippen molar-refractivity contribution in [2.75, 3.05) is 37.9 Å². The van der Waals surface area contributed by atoms with Crippen molar-refractivity contribution in [2.45, 2.75) is 11.8 Å². The van der Waals surface area contributed by atoms with Gasteiger partial charge < -0.3 is 16.0 Å². The lowest BCUT2D eigenvalue weighted by Gasteiger charge is -2.08. The van der Waals surface area contributed by atoms with Crippen molar-refractivity contribution in [3.63, 3.8) is 0 Å². The second-order valence-corrected chi connectivity index (χ2v) is 7.76. The number of carbonyl (C=O) groups is 1. The van der Waals surface area contributed by atoms with E-state index in [9.17, 15) is 13.2 Å². The summed E-state index contributed by atoms with van der Waals surface area (Å²) in [6, 6.07) is 0. The van der Waals surface area contributed by atoms with Crippen LogP contribution in [0, 0.1) is 0 Å². The molecule has 0 saturated carbocycles. The molecule has 112 valence electrons. The zero-order chi connectivity index (χ0) is 15.7. The Bertz CT molecular complexity index is 645. The van der Waals surface area contributed by atoms with Crippen molar-refractivity contribution in [3.8, 4) is 0 Å². The van der Waals surface area contributed by atoms with Gasteiger partial charge in [0.05, 0.1) is 5.69 Å². The van der Waals surface area contributed by atoms with E-state index < -0.39 is 9.84 Å². The number of nitrogen functional groups attached to an aromatic ring is 1. The molecule has 0 aliphatic carbocycles. The molecule has 6 nitrogen and oxygen atoms in total. The highest BCUT2D eigenvalue weighted by Gasteiger charge is 2.27. The fraction of sp³-hybridized carbons (Fsp3) is 0.417. The standard InChI is InChI=1S/C12H19N3O3S2/c1-7(2)6-14-11-10(20(5,17)18)8(13)9(19-11)12(16)15(3)4/h14H,1,6,13H2,2-5H3. The smallest absolute Gasteiger partial charge is 0.265 e. The minimum atomic E-state index is -3.53. The van der Waals surface area contributed by atoms with Crippen LogP contribution in [0.1, 0.15) is 16.6 Å². The van der Waals surface area contributed by atoms with Crippen LogP contribution >= 0.6 is 11.3 Å². The van der Waals surface area contributed by atoms with Crippen molar-refractivity contribution in [1.29, 1.82) is 0 Å². The number of thiophene rings is 1. The zero-order valence-corrected chi connectivity index (χ0v) is 13.6. The van der Waals surface area contributed by atoms with Crippen LogP contribution in [0.25, 0.3) is 0 Å². The Kier molecular flexibility index (Phi) is 4.82. The second kappa shape index (κ2) is 5.84. The summed E-state index contributed by atoms with van der Waals surface area (Å²) in [5, 5.41) is 3.34. The first kappa shape index (κ1) is 16.5. The fourth-order valence-electron chi connectivity index (χ4n) is 1.51. The molecule has 1 aromatic heterocycles. The lowest BCUT2D eigenvalue weighted by atomic mass is 10.3. The molecule has 1 aromatic rings. The number of nitrogens with two attached hydrogens (primary N) is 1. The molecule has 0 fully saturated rings. The van der Waals surface area contributed by atoms with Gasteiger partial charge in [-0.15, -0.1) is 11.3 Å². The number of nitrogens with zero attached hydrogens (tertiary/aromatic N) is 1. The molecular weight excluding hydrogens is 298 g/mol. The SMILES string of the molecule is C=C(C)CNc1sc(C(=O)N(C)C)c(N)c1S(C)(=O)=O. The summed E-state index contributed by atoms with van der Waals surface area (Å²) in [4.78, 5) is 13.6. The highest BCUT2D eigenvalue weighted by Crippen LogP contribution is 2.39. The van der Waals surface area contributed by atoms with Crippen LogP contribution in [0.3, 0.4) is 0 Å². The van der Waals surface area contributed by atoms with E-state index in [2.05, 4.69) is 11.9 Å². The summed E-state index contributed by atoms with van der Waals surface area (Å²) in [6.45, 7) is 5.97. The number of hydrogen-bond donors (Lipinski definition) is 2. The first-order chi connectivity index (χ1) is 9.05. The molecule has 1 heterocycles. The van der Waals surface area contributed by atoms with Crippen molar-refractivity contribution in [3.05, 3.63) is 17.0 Å². The average Bonchev–Trinajstić information content (AvgIpc) is 2.62. The van der Waals surface area contributed by atoms with Crippen molar-refractivity contribution < 1.29 is 13.2 Å². The van der Waals surface area contributed by atoms with Gasteiger partial charge in [0.25, 0.3) is 5.91 Å². The van der Waals surface area contributed by atoms with Gasteiger partial charge in [-0.1, -0.05) is 12.2 Å². The molecular formula is C12H19N3O3S2. The Labute approximate surface area is 123 Å². The predicted octanol–water partition coefficient (Wildman–Crippen LogP) is 1.42. The Morgan fingerprint density at radius 3 is 2.40 bits per heavy atom. The molecule has 0 spiro atoms. The molecule has 8 heteroatoms. The third-order valence-corrected chi connectivity index (χ3v) is 4.87.